The van der Waals surface area contributed by atoms with E-state index in [1.54, 1.807) is 0 Å². The van der Waals surface area contributed by atoms with Gasteiger partial charge in [0.15, 0.2) is 0 Å². The highest BCUT2D eigenvalue weighted by Gasteiger charge is 2.60. The molecule has 0 atom stereocenters. The Morgan fingerprint density at radius 3 is 0.639 bits per heavy atom. The number of halogens is 20. The van der Waals surface area contributed by atoms with Crippen molar-refractivity contribution in [3.8, 4) is 0 Å². The van der Waals surface area contributed by atoms with Gasteiger partial charge in [-0.1, -0.05) is 38.5 Å². The van der Waals surface area contributed by atoms with Gasteiger partial charge in [0, 0.05) is 12.2 Å². The molecule has 0 saturated heterocycles. The molecule has 0 spiro atoms. The summed E-state index contributed by atoms with van der Waals surface area (Å²) in [5.41, 5.74) is -14.8. The van der Waals surface area contributed by atoms with Gasteiger partial charge in [-0.25, -0.2) is 52.7 Å². The van der Waals surface area contributed by atoms with E-state index in [1.807, 2.05) is 0 Å². The van der Waals surface area contributed by atoms with Crippen LogP contribution in [0, 0.1) is 116 Å². The lowest BCUT2D eigenvalue weighted by Gasteiger charge is -2.37. The molecular formula is C36H22BF20NO3. The van der Waals surface area contributed by atoms with Gasteiger partial charge in [0.05, 0.1) is 0 Å². The summed E-state index contributed by atoms with van der Waals surface area (Å²) in [6.07, 6.45) is 11.8. The molecular weight excluding hydrogens is 885 g/mol. The maximum atomic E-state index is 15.3. The molecule has 4 aromatic carbocycles. The third-order valence-electron chi connectivity index (χ3n) is 9.80. The molecule has 2 aliphatic rings. The molecule has 0 aliphatic heterocycles. The molecule has 0 radical (unpaired) electrons. The number of hydrogen-bond donors (Lipinski definition) is 0. The molecule has 2 saturated carbocycles. The van der Waals surface area contributed by atoms with Crippen LogP contribution in [0.25, 0.3) is 0 Å². The van der Waals surface area contributed by atoms with Gasteiger partial charge in [0.25, 0.3) is 0 Å². The molecule has 2 fully saturated rings. The Morgan fingerprint density at radius 1 is 0.295 bits per heavy atom. The fraction of sp³-hybridized carbons (Fsp3) is 0.333. The predicted molar refractivity (Wildman–Crippen MR) is 167 cm³/mol. The fourth-order valence-corrected chi connectivity index (χ4v) is 6.97. The molecule has 0 amide bonds. The molecule has 25 heteroatoms. The van der Waals surface area contributed by atoms with Crippen LogP contribution in [-0.4, -0.2) is 19.5 Å². The first-order chi connectivity index (χ1) is 28.5. The largest absolute Gasteiger partial charge is 0.832 e. The zero-order valence-corrected chi connectivity index (χ0v) is 30.0. The van der Waals surface area contributed by atoms with Gasteiger partial charge in [-0.2, -0.15) is 39.6 Å². The van der Waals surface area contributed by atoms with Crippen LogP contribution in [0.5, 0.6) is 0 Å². The van der Waals surface area contributed by atoms with Gasteiger partial charge in [-0.15, -0.1) is 0 Å². The van der Waals surface area contributed by atoms with E-state index in [4.69, 9.17) is 9.31 Å². The van der Waals surface area contributed by atoms with E-state index in [2.05, 4.69) is 0 Å². The Balaban J connectivity index is 0.000000366. The first-order valence-corrected chi connectivity index (χ1v) is 17.5. The second-order valence-corrected chi connectivity index (χ2v) is 13.4. The van der Waals surface area contributed by atoms with Crippen molar-refractivity contribution in [3.63, 3.8) is 0 Å². The molecule has 0 aromatic heterocycles. The molecule has 0 bridgehead atoms. The second kappa shape index (κ2) is 18.4. The summed E-state index contributed by atoms with van der Waals surface area (Å²) in [5, 5.41) is 11.6. The Labute approximate surface area is 329 Å². The molecule has 2 aliphatic carbocycles. The summed E-state index contributed by atoms with van der Waals surface area (Å²) in [6, 6.07) is 0. The SMILES string of the molecule is Fc1c(F)c(F)c([N+](c2c(F)c(F)c(F)c(F)c2F)(c2c(F)c(F)c(F)c(F)c2F)c2c(F)c(F)c(F)c(F)c2F)c(F)c1F.[O-]B(OC1CCCCC1)OC1CCCCC1. The second-order valence-electron chi connectivity index (χ2n) is 13.4. The Bertz CT molecular complexity index is 1940. The normalized spacial score (nSPS) is 15.3. The van der Waals surface area contributed by atoms with Crippen LogP contribution in [0.15, 0.2) is 0 Å². The highest BCUT2D eigenvalue weighted by Crippen LogP contribution is 2.60. The third-order valence-corrected chi connectivity index (χ3v) is 9.80. The molecule has 4 nitrogen and oxygen atoms in total. The molecule has 4 aromatic rings. The van der Waals surface area contributed by atoms with Crippen molar-refractivity contribution in [2.75, 3.05) is 0 Å². The molecule has 0 N–H and O–H groups in total. The quantitative estimate of drug-likeness (QED) is 0.0582. The van der Waals surface area contributed by atoms with Gasteiger partial charge >= 0.3 is 7.32 Å². The monoisotopic (exact) mass is 907 g/mol. The smallest absolute Gasteiger partial charge is 0.345 e. The van der Waals surface area contributed by atoms with Gasteiger partial charge < -0.3 is 14.3 Å². The van der Waals surface area contributed by atoms with Crippen molar-refractivity contribution >= 4 is 30.1 Å². The standard InChI is InChI=1S/C24F20N.C12H22BO3/c25-1-5(29)13(37)21(14(38)6(1)30)45(22-15(39)7(31)2(26)8(32)16(22)40,23-17(41)9(33)3(27)10(34)18(23)42)24-19(43)11(35)4(28)12(36)20(24)44;14-13(15-11-7-3-1-4-8-11)16-12-9-5-2-6-10-12/h;11-12H,1-10H2/q+1;-1. The number of nitrogens with zero attached hydrogens (tertiary/aromatic N) is 1. The molecule has 61 heavy (non-hydrogen) atoms. The maximum absolute atomic E-state index is 15.3. The molecule has 332 valence electrons. The average molecular weight is 907 g/mol. The molecule has 0 heterocycles. The highest BCUT2D eigenvalue weighted by molar-refractivity contribution is 6.32. The fourth-order valence-electron chi connectivity index (χ4n) is 6.97. The van der Waals surface area contributed by atoms with Gasteiger partial charge in [-0.05, 0) is 25.7 Å². The average Bonchev–Trinajstić information content (AvgIpc) is 3.24. The summed E-state index contributed by atoms with van der Waals surface area (Å²) < 4.78 is 299. The first kappa shape index (κ1) is 47.4. The van der Waals surface area contributed by atoms with Gasteiger partial charge in [0.2, 0.25) is 139 Å². The zero-order valence-electron chi connectivity index (χ0n) is 30.0. The van der Waals surface area contributed by atoms with Crippen LogP contribution in [0.3, 0.4) is 0 Å². The van der Waals surface area contributed by atoms with Crippen LogP contribution in [0.2, 0.25) is 0 Å². The van der Waals surface area contributed by atoms with Crippen LogP contribution < -0.4 is 9.51 Å². The first-order valence-electron chi connectivity index (χ1n) is 17.5. The predicted octanol–water partition coefficient (Wildman–Crippen LogP) is 11.8. The van der Waals surface area contributed by atoms with Crippen LogP contribution >= 0.6 is 0 Å². The van der Waals surface area contributed by atoms with Crippen LogP contribution in [0.1, 0.15) is 64.2 Å². The molecule has 6 rings (SSSR count). The summed E-state index contributed by atoms with van der Waals surface area (Å²) in [4.78, 5) is 0. The van der Waals surface area contributed by atoms with E-state index in [0.29, 0.717) is 0 Å². The Morgan fingerprint density at radius 2 is 0.459 bits per heavy atom. The number of rotatable bonds is 8. The van der Waals surface area contributed by atoms with E-state index in [1.165, 1.54) is 38.5 Å². The minimum atomic E-state index is -4.98. The lowest BCUT2D eigenvalue weighted by atomic mass is 9.95. The van der Waals surface area contributed by atoms with Crippen molar-refractivity contribution < 1.29 is 102 Å². The Kier molecular flexibility index (Phi) is 14.3. The minimum Gasteiger partial charge on any atom is -0.832 e. The van der Waals surface area contributed by atoms with Crippen molar-refractivity contribution in [1.29, 1.82) is 0 Å². The zero-order chi connectivity index (χ0) is 45.6. The van der Waals surface area contributed by atoms with Crippen LogP contribution in [0.4, 0.5) is 111 Å². The van der Waals surface area contributed by atoms with Crippen molar-refractivity contribution in [2.24, 2.45) is 0 Å². The Hall–Kier alpha value is -4.62. The summed E-state index contributed by atoms with van der Waals surface area (Å²) in [5.74, 6) is -72.2. The van der Waals surface area contributed by atoms with Gasteiger partial charge in [0.1, 0.15) is 0 Å². The van der Waals surface area contributed by atoms with Crippen molar-refractivity contribution in [3.05, 3.63) is 116 Å². The summed E-state index contributed by atoms with van der Waals surface area (Å²) in [6.45, 7) is 0. The van der Waals surface area contributed by atoms with Crippen molar-refractivity contribution in [1.82, 2.24) is 4.48 Å². The lowest BCUT2D eigenvalue weighted by Crippen LogP contribution is -2.44. The number of quaternary nitrogens is 1. The summed E-state index contributed by atoms with van der Waals surface area (Å²) in [7, 11) is -1.24. The highest BCUT2D eigenvalue weighted by atomic mass is 19.2. The van der Waals surface area contributed by atoms with E-state index in [9.17, 15) is 57.7 Å². The van der Waals surface area contributed by atoms with Crippen LogP contribution in [-0.2, 0) is 9.31 Å². The van der Waals surface area contributed by atoms with E-state index >= 15 is 35.1 Å². The topological polar surface area (TPSA) is 41.5 Å². The molecule has 0 unspecified atom stereocenters. The van der Waals surface area contributed by atoms with Gasteiger partial charge in [-0.3, -0.25) is 0 Å². The van der Waals surface area contributed by atoms with E-state index in [0.717, 1.165) is 25.7 Å². The minimum absolute atomic E-state index is 0.153. The van der Waals surface area contributed by atoms with Crippen molar-refractivity contribution in [2.45, 2.75) is 76.4 Å². The number of hydrogen-bond acceptors (Lipinski definition) is 3. The van der Waals surface area contributed by atoms with E-state index in [-0.39, 0.29) is 12.2 Å². The maximum Gasteiger partial charge on any atom is 0.345 e. The third kappa shape index (κ3) is 8.12. The van der Waals surface area contributed by atoms with E-state index < -0.39 is 151 Å². The lowest BCUT2D eigenvalue weighted by molar-refractivity contribution is -0.266. The number of benzene rings is 4. The summed E-state index contributed by atoms with van der Waals surface area (Å²) >= 11 is 0.